The Kier molecular flexibility index (Phi) is 5.26. The minimum Gasteiger partial charge on any atom is -0.492 e. The van der Waals surface area contributed by atoms with Crippen molar-refractivity contribution in [1.29, 1.82) is 0 Å². The summed E-state index contributed by atoms with van der Waals surface area (Å²) in [5.41, 5.74) is 2.23. The van der Waals surface area contributed by atoms with Gasteiger partial charge in [0.1, 0.15) is 5.75 Å². The molecule has 0 aliphatic carbocycles. The van der Waals surface area contributed by atoms with Crippen LogP contribution in [0.5, 0.6) is 5.75 Å². The zero-order valence-corrected chi connectivity index (χ0v) is 14.1. The summed E-state index contributed by atoms with van der Waals surface area (Å²) in [6.45, 7) is 4.37. The Bertz CT molecular complexity index is 673. The van der Waals surface area contributed by atoms with Crippen LogP contribution < -0.4 is 10.1 Å². The van der Waals surface area contributed by atoms with Gasteiger partial charge in [-0.1, -0.05) is 23.2 Å². The van der Waals surface area contributed by atoms with E-state index in [-0.39, 0.29) is 5.91 Å². The number of carbonyl (C=O) groups is 1. The molecule has 0 radical (unpaired) electrons. The fourth-order valence-electron chi connectivity index (χ4n) is 1.86. The lowest BCUT2D eigenvalue weighted by Crippen LogP contribution is -2.12. The summed E-state index contributed by atoms with van der Waals surface area (Å²) in [6, 6.07) is 10.8. The van der Waals surface area contributed by atoms with Crippen molar-refractivity contribution >= 4 is 39.1 Å². The molecule has 0 aliphatic heterocycles. The molecular formula is C16H15BrClNO2. The Morgan fingerprint density at radius 3 is 2.71 bits per heavy atom. The van der Waals surface area contributed by atoms with Crippen molar-refractivity contribution in [3.05, 3.63) is 57.0 Å². The number of aryl methyl sites for hydroxylation is 1. The van der Waals surface area contributed by atoms with Crippen LogP contribution in [-0.4, -0.2) is 12.5 Å². The molecular weight excluding hydrogens is 354 g/mol. The van der Waals surface area contributed by atoms with E-state index in [1.54, 1.807) is 18.2 Å². The number of hydrogen-bond acceptors (Lipinski definition) is 2. The lowest BCUT2D eigenvalue weighted by Gasteiger charge is -2.10. The smallest absolute Gasteiger partial charge is 0.256 e. The van der Waals surface area contributed by atoms with Gasteiger partial charge in [-0.2, -0.15) is 0 Å². The van der Waals surface area contributed by atoms with Gasteiger partial charge in [-0.3, -0.25) is 4.79 Å². The Balaban J connectivity index is 2.19. The van der Waals surface area contributed by atoms with Crippen molar-refractivity contribution in [2.75, 3.05) is 11.9 Å². The first-order chi connectivity index (χ1) is 10.0. The molecule has 21 heavy (non-hydrogen) atoms. The molecule has 0 aliphatic rings. The third kappa shape index (κ3) is 3.99. The van der Waals surface area contributed by atoms with E-state index in [0.29, 0.717) is 28.6 Å². The van der Waals surface area contributed by atoms with Gasteiger partial charge in [0, 0.05) is 10.2 Å². The summed E-state index contributed by atoms with van der Waals surface area (Å²) >= 11 is 9.49. The molecule has 3 nitrogen and oxygen atoms in total. The van der Waals surface area contributed by atoms with E-state index in [1.165, 1.54) is 0 Å². The second kappa shape index (κ2) is 6.96. The molecule has 2 aromatic carbocycles. The quantitative estimate of drug-likeness (QED) is 0.819. The van der Waals surface area contributed by atoms with E-state index in [9.17, 15) is 4.79 Å². The number of halogens is 2. The van der Waals surface area contributed by atoms with Gasteiger partial charge in [0.15, 0.2) is 0 Å². The van der Waals surface area contributed by atoms with Crippen LogP contribution in [0, 0.1) is 6.92 Å². The molecule has 0 saturated carbocycles. The fourth-order valence-corrected chi connectivity index (χ4v) is 2.52. The van der Waals surface area contributed by atoms with E-state index in [0.717, 1.165) is 10.0 Å². The topological polar surface area (TPSA) is 38.3 Å². The van der Waals surface area contributed by atoms with Gasteiger partial charge in [0.05, 0.1) is 17.2 Å². The molecule has 0 atom stereocenters. The number of ether oxygens (including phenoxy) is 1. The second-order valence-electron chi connectivity index (χ2n) is 4.52. The summed E-state index contributed by atoms with van der Waals surface area (Å²) in [7, 11) is 0. The van der Waals surface area contributed by atoms with E-state index < -0.39 is 0 Å². The van der Waals surface area contributed by atoms with E-state index in [1.807, 2.05) is 32.0 Å². The average molecular weight is 369 g/mol. The predicted octanol–water partition coefficient (Wildman–Crippen LogP) is 5.06. The van der Waals surface area contributed by atoms with Crippen molar-refractivity contribution < 1.29 is 9.53 Å². The molecule has 2 aromatic rings. The first kappa shape index (κ1) is 15.9. The van der Waals surface area contributed by atoms with Crippen LogP contribution >= 0.6 is 27.5 Å². The Labute approximate surface area is 137 Å². The van der Waals surface area contributed by atoms with Crippen molar-refractivity contribution in [2.45, 2.75) is 13.8 Å². The normalized spacial score (nSPS) is 10.3. The summed E-state index contributed by atoms with van der Waals surface area (Å²) in [5, 5.41) is 3.30. The zero-order chi connectivity index (χ0) is 15.4. The Hall–Kier alpha value is -1.52. The highest BCUT2D eigenvalue weighted by Crippen LogP contribution is 2.28. The van der Waals surface area contributed by atoms with Crippen LogP contribution in [0.3, 0.4) is 0 Å². The largest absolute Gasteiger partial charge is 0.492 e. The SMILES string of the molecule is CCOc1ccc(NC(=O)c2cc(C)ccc2Br)cc1Cl. The third-order valence-corrected chi connectivity index (χ3v) is 3.84. The van der Waals surface area contributed by atoms with Gasteiger partial charge in [-0.25, -0.2) is 0 Å². The predicted molar refractivity (Wildman–Crippen MR) is 89.5 cm³/mol. The molecule has 1 amide bonds. The maximum atomic E-state index is 12.3. The molecule has 5 heteroatoms. The molecule has 1 N–H and O–H groups in total. The number of anilines is 1. The standard InChI is InChI=1S/C16H15BrClNO2/c1-3-21-15-7-5-11(9-14(15)18)19-16(20)12-8-10(2)4-6-13(12)17/h4-9H,3H2,1-2H3,(H,19,20). The molecule has 0 heterocycles. The summed E-state index contributed by atoms with van der Waals surface area (Å²) in [5.74, 6) is 0.416. The van der Waals surface area contributed by atoms with Gasteiger partial charge in [0.2, 0.25) is 0 Å². The molecule has 110 valence electrons. The monoisotopic (exact) mass is 367 g/mol. The summed E-state index contributed by atoms with van der Waals surface area (Å²) in [6.07, 6.45) is 0. The van der Waals surface area contributed by atoms with Crippen LogP contribution in [0.25, 0.3) is 0 Å². The van der Waals surface area contributed by atoms with Crippen LogP contribution in [0.1, 0.15) is 22.8 Å². The van der Waals surface area contributed by atoms with Crippen molar-refractivity contribution in [2.24, 2.45) is 0 Å². The first-order valence-corrected chi connectivity index (χ1v) is 7.68. The maximum Gasteiger partial charge on any atom is 0.256 e. The number of carbonyl (C=O) groups excluding carboxylic acids is 1. The highest BCUT2D eigenvalue weighted by molar-refractivity contribution is 9.10. The maximum absolute atomic E-state index is 12.3. The third-order valence-electron chi connectivity index (χ3n) is 2.86. The zero-order valence-electron chi connectivity index (χ0n) is 11.7. The van der Waals surface area contributed by atoms with Crippen molar-refractivity contribution in [3.8, 4) is 5.75 Å². The second-order valence-corrected chi connectivity index (χ2v) is 5.78. The molecule has 0 bridgehead atoms. The molecule has 0 aromatic heterocycles. The van der Waals surface area contributed by atoms with Gasteiger partial charge in [-0.05, 0) is 60.1 Å². The number of nitrogens with one attached hydrogen (secondary N) is 1. The van der Waals surface area contributed by atoms with Crippen molar-refractivity contribution in [3.63, 3.8) is 0 Å². The van der Waals surface area contributed by atoms with E-state index in [4.69, 9.17) is 16.3 Å². The Morgan fingerprint density at radius 2 is 2.05 bits per heavy atom. The number of hydrogen-bond donors (Lipinski definition) is 1. The fraction of sp³-hybridized carbons (Fsp3) is 0.188. The van der Waals surface area contributed by atoms with Gasteiger partial charge in [-0.15, -0.1) is 0 Å². The molecule has 0 saturated heterocycles. The van der Waals surface area contributed by atoms with Crippen molar-refractivity contribution in [1.82, 2.24) is 0 Å². The highest BCUT2D eigenvalue weighted by Gasteiger charge is 2.11. The number of amides is 1. The molecule has 2 rings (SSSR count). The molecule has 0 spiro atoms. The van der Waals surface area contributed by atoms with Gasteiger partial charge >= 0.3 is 0 Å². The average Bonchev–Trinajstić information content (AvgIpc) is 2.44. The lowest BCUT2D eigenvalue weighted by atomic mass is 10.1. The Morgan fingerprint density at radius 1 is 1.29 bits per heavy atom. The number of rotatable bonds is 4. The summed E-state index contributed by atoms with van der Waals surface area (Å²) in [4.78, 5) is 12.3. The minimum absolute atomic E-state index is 0.189. The molecule has 0 unspecified atom stereocenters. The van der Waals surface area contributed by atoms with Crippen LogP contribution in [0.15, 0.2) is 40.9 Å². The summed E-state index contributed by atoms with van der Waals surface area (Å²) < 4.78 is 6.12. The van der Waals surface area contributed by atoms with Crippen LogP contribution in [-0.2, 0) is 0 Å². The minimum atomic E-state index is -0.189. The van der Waals surface area contributed by atoms with Crippen LogP contribution in [0.2, 0.25) is 5.02 Å². The van der Waals surface area contributed by atoms with Gasteiger partial charge < -0.3 is 10.1 Å². The van der Waals surface area contributed by atoms with E-state index in [2.05, 4.69) is 21.2 Å². The highest BCUT2D eigenvalue weighted by atomic mass is 79.9. The lowest BCUT2D eigenvalue weighted by molar-refractivity contribution is 0.102. The van der Waals surface area contributed by atoms with Gasteiger partial charge in [0.25, 0.3) is 5.91 Å². The van der Waals surface area contributed by atoms with Crippen LogP contribution in [0.4, 0.5) is 5.69 Å². The first-order valence-electron chi connectivity index (χ1n) is 6.51. The molecule has 0 fully saturated rings. The number of benzene rings is 2. The van der Waals surface area contributed by atoms with E-state index >= 15 is 0 Å².